The topological polar surface area (TPSA) is 29.9 Å². The molecule has 1 aliphatic rings. The zero-order chi connectivity index (χ0) is 13.9. The molecule has 106 valence electrons. The quantitative estimate of drug-likeness (QED) is 0.928. The minimum absolute atomic E-state index is 0.599. The molecule has 1 N–H and O–H groups in total. The molecule has 0 saturated carbocycles. The lowest BCUT2D eigenvalue weighted by atomic mass is 9.95. The maximum absolute atomic E-state index is 4.49. The maximum Gasteiger partial charge on any atom is 0.0571 e. The third-order valence-electron chi connectivity index (χ3n) is 4.35. The van der Waals surface area contributed by atoms with Gasteiger partial charge in [-0.2, -0.15) is 5.10 Å². The maximum atomic E-state index is 4.49. The Morgan fingerprint density at radius 1 is 1.25 bits per heavy atom. The lowest BCUT2D eigenvalue weighted by molar-refractivity contribution is 0.393. The lowest BCUT2D eigenvalue weighted by Crippen LogP contribution is -2.36. The molecule has 3 nitrogen and oxygen atoms in total. The molecule has 1 aromatic heterocycles. The van der Waals surface area contributed by atoms with E-state index in [1.807, 2.05) is 10.9 Å². The summed E-state index contributed by atoms with van der Waals surface area (Å²) in [6.07, 6.45) is 7.01. The fraction of sp³-hybridized carbons (Fsp3) is 0.471. The Balaban J connectivity index is 1.91. The predicted octanol–water partition coefficient (Wildman–Crippen LogP) is 3.08. The SMILES string of the molecule is Cc1ccccc1-c1cnn(C)c1CC1CCCCN1. The minimum Gasteiger partial charge on any atom is -0.314 e. The number of rotatable bonds is 3. The first kappa shape index (κ1) is 13.4. The third kappa shape index (κ3) is 2.63. The summed E-state index contributed by atoms with van der Waals surface area (Å²) in [6.45, 7) is 3.33. The molecule has 0 bridgehead atoms. The third-order valence-corrected chi connectivity index (χ3v) is 4.35. The summed E-state index contributed by atoms with van der Waals surface area (Å²) in [6, 6.07) is 9.17. The van der Waals surface area contributed by atoms with Crippen molar-refractivity contribution in [2.45, 2.75) is 38.6 Å². The van der Waals surface area contributed by atoms with Crippen molar-refractivity contribution in [2.24, 2.45) is 7.05 Å². The van der Waals surface area contributed by atoms with Crippen LogP contribution in [0.3, 0.4) is 0 Å². The summed E-state index contributed by atoms with van der Waals surface area (Å²) < 4.78 is 2.04. The van der Waals surface area contributed by atoms with E-state index in [9.17, 15) is 0 Å². The van der Waals surface area contributed by atoms with Crippen LogP contribution in [0.5, 0.6) is 0 Å². The highest BCUT2D eigenvalue weighted by atomic mass is 15.3. The van der Waals surface area contributed by atoms with Gasteiger partial charge in [0.15, 0.2) is 0 Å². The fourth-order valence-electron chi connectivity index (χ4n) is 3.14. The van der Waals surface area contributed by atoms with Gasteiger partial charge in [-0.05, 0) is 37.4 Å². The first-order chi connectivity index (χ1) is 9.75. The van der Waals surface area contributed by atoms with Crippen molar-refractivity contribution in [1.82, 2.24) is 15.1 Å². The van der Waals surface area contributed by atoms with E-state index in [2.05, 4.69) is 48.7 Å². The molecule has 0 radical (unpaired) electrons. The van der Waals surface area contributed by atoms with Gasteiger partial charge in [-0.1, -0.05) is 30.7 Å². The number of nitrogens with zero attached hydrogens (tertiary/aromatic N) is 2. The van der Waals surface area contributed by atoms with Crippen LogP contribution in [0.25, 0.3) is 11.1 Å². The standard InChI is InChI=1S/C17H23N3/c1-13-7-3-4-9-15(13)16-12-19-20(2)17(16)11-14-8-5-6-10-18-14/h3-4,7,9,12,14,18H,5-6,8,10-11H2,1-2H3. The average Bonchev–Trinajstić information content (AvgIpc) is 2.82. The van der Waals surface area contributed by atoms with Gasteiger partial charge in [-0.3, -0.25) is 4.68 Å². The number of nitrogens with one attached hydrogen (secondary N) is 1. The molecule has 1 aromatic carbocycles. The van der Waals surface area contributed by atoms with Gasteiger partial charge < -0.3 is 5.32 Å². The zero-order valence-corrected chi connectivity index (χ0v) is 12.4. The molecular weight excluding hydrogens is 246 g/mol. The number of aryl methyl sites for hydroxylation is 2. The van der Waals surface area contributed by atoms with E-state index in [-0.39, 0.29) is 0 Å². The van der Waals surface area contributed by atoms with E-state index in [4.69, 9.17) is 0 Å². The van der Waals surface area contributed by atoms with Crippen LogP contribution in [-0.4, -0.2) is 22.4 Å². The van der Waals surface area contributed by atoms with Crippen LogP contribution in [0.4, 0.5) is 0 Å². The smallest absolute Gasteiger partial charge is 0.0571 e. The van der Waals surface area contributed by atoms with Gasteiger partial charge >= 0.3 is 0 Å². The molecule has 20 heavy (non-hydrogen) atoms. The van der Waals surface area contributed by atoms with Crippen molar-refractivity contribution in [3.05, 3.63) is 41.7 Å². The first-order valence-electron chi connectivity index (χ1n) is 7.56. The molecule has 0 amide bonds. The number of hydrogen-bond acceptors (Lipinski definition) is 2. The van der Waals surface area contributed by atoms with Crippen molar-refractivity contribution in [2.75, 3.05) is 6.54 Å². The normalized spacial score (nSPS) is 19.2. The number of benzene rings is 1. The second-order valence-electron chi connectivity index (χ2n) is 5.79. The Labute approximate surface area is 121 Å². The fourth-order valence-corrected chi connectivity index (χ4v) is 3.14. The Bertz CT molecular complexity index is 580. The van der Waals surface area contributed by atoms with Gasteiger partial charge in [0.1, 0.15) is 0 Å². The van der Waals surface area contributed by atoms with Gasteiger partial charge in [-0.15, -0.1) is 0 Å². The van der Waals surface area contributed by atoms with Crippen LogP contribution in [0, 0.1) is 6.92 Å². The van der Waals surface area contributed by atoms with Gasteiger partial charge in [-0.25, -0.2) is 0 Å². The van der Waals surface area contributed by atoms with Crippen molar-refractivity contribution < 1.29 is 0 Å². The predicted molar refractivity (Wildman–Crippen MR) is 82.7 cm³/mol. The van der Waals surface area contributed by atoms with E-state index in [0.29, 0.717) is 6.04 Å². The molecule has 1 unspecified atom stereocenters. The van der Waals surface area contributed by atoms with Crippen molar-refractivity contribution in [1.29, 1.82) is 0 Å². The molecule has 1 atom stereocenters. The number of hydrogen-bond donors (Lipinski definition) is 1. The average molecular weight is 269 g/mol. The van der Waals surface area contributed by atoms with Crippen LogP contribution in [0.1, 0.15) is 30.5 Å². The Kier molecular flexibility index (Phi) is 3.88. The molecule has 3 rings (SSSR count). The molecule has 3 heteroatoms. The Hall–Kier alpha value is -1.61. The van der Waals surface area contributed by atoms with E-state index >= 15 is 0 Å². The van der Waals surface area contributed by atoms with Crippen molar-refractivity contribution >= 4 is 0 Å². The van der Waals surface area contributed by atoms with Crippen molar-refractivity contribution in [3.63, 3.8) is 0 Å². The van der Waals surface area contributed by atoms with Crippen LogP contribution in [-0.2, 0) is 13.5 Å². The van der Waals surface area contributed by atoms with Gasteiger partial charge in [0.05, 0.1) is 6.20 Å². The zero-order valence-electron chi connectivity index (χ0n) is 12.4. The van der Waals surface area contributed by atoms with E-state index in [1.54, 1.807) is 0 Å². The van der Waals surface area contributed by atoms with Gasteiger partial charge in [0.25, 0.3) is 0 Å². The highest BCUT2D eigenvalue weighted by Crippen LogP contribution is 2.28. The van der Waals surface area contributed by atoms with Crippen molar-refractivity contribution in [3.8, 4) is 11.1 Å². The molecule has 2 heterocycles. The highest BCUT2D eigenvalue weighted by molar-refractivity contribution is 5.68. The number of piperidine rings is 1. The molecular formula is C17H23N3. The van der Waals surface area contributed by atoms with Gasteiger partial charge in [0.2, 0.25) is 0 Å². The number of aromatic nitrogens is 2. The summed E-state index contributed by atoms with van der Waals surface area (Å²) in [7, 11) is 2.06. The second-order valence-corrected chi connectivity index (χ2v) is 5.79. The van der Waals surface area contributed by atoms with Gasteiger partial charge in [0, 0.05) is 30.8 Å². The summed E-state index contributed by atoms with van der Waals surface area (Å²) in [5.41, 5.74) is 5.27. The largest absolute Gasteiger partial charge is 0.314 e. The molecule has 0 aliphatic carbocycles. The summed E-state index contributed by atoms with van der Waals surface area (Å²) in [5.74, 6) is 0. The Morgan fingerprint density at radius 2 is 2.10 bits per heavy atom. The lowest BCUT2D eigenvalue weighted by Gasteiger charge is -2.24. The molecule has 2 aromatic rings. The molecule has 1 fully saturated rings. The minimum atomic E-state index is 0.599. The first-order valence-corrected chi connectivity index (χ1v) is 7.56. The molecule has 1 saturated heterocycles. The van der Waals surface area contributed by atoms with E-state index in [1.165, 1.54) is 41.6 Å². The summed E-state index contributed by atoms with van der Waals surface area (Å²) in [5, 5.41) is 8.13. The van der Waals surface area contributed by atoms with E-state index in [0.717, 1.165) is 13.0 Å². The van der Waals surface area contributed by atoms with Crippen LogP contribution >= 0.6 is 0 Å². The summed E-state index contributed by atoms with van der Waals surface area (Å²) in [4.78, 5) is 0. The highest BCUT2D eigenvalue weighted by Gasteiger charge is 2.18. The van der Waals surface area contributed by atoms with Crippen LogP contribution in [0.15, 0.2) is 30.5 Å². The summed E-state index contributed by atoms with van der Waals surface area (Å²) >= 11 is 0. The Morgan fingerprint density at radius 3 is 2.85 bits per heavy atom. The van der Waals surface area contributed by atoms with Crippen LogP contribution < -0.4 is 5.32 Å². The monoisotopic (exact) mass is 269 g/mol. The van der Waals surface area contributed by atoms with E-state index < -0.39 is 0 Å². The second kappa shape index (κ2) is 5.80. The molecule has 0 spiro atoms. The molecule has 1 aliphatic heterocycles. The van der Waals surface area contributed by atoms with Crippen LogP contribution in [0.2, 0.25) is 0 Å².